The van der Waals surface area contributed by atoms with Crippen molar-refractivity contribution in [1.29, 1.82) is 0 Å². The predicted octanol–water partition coefficient (Wildman–Crippen LogP) is 5.07. The molecule has 1 aromatic carbocycles. The Morgan fingerprint density at radius 1 is 1.33 bits per heavy atom. The van der Waals surface area contributed by atoms with Gasteiger partial charge in [0.15, 0.2) is 4.77 Å². The Kier molecular flexibility index (Phi) is 4.40. The summed E-state index contributed by atoms with van der Waals surface area (Å²) in [5.74, 6) is -0.402. The molecule has 0 aliphatic heterocycles. The Morgan fingerprint density at radius 3 is 2.83 bits per heavy atom. The largest absolute Gasteiger partial charge is 0.331 e. The van der Waals surface area contributed by atoms with E-state index in [-0.39, 0.29) is 5.02 Å². The lowest BCUT2D eigenvalue weighted by molar-refractivity contribution is 0.585. The van der Waals surface area contributed by atoms with Crippen molar-refractivity contribution < 1.29 is 4.39 Å². The lowest BCUT2D eigenvalue weighted by Gasteiger charge is -2.04. The number of imidazole rings is 1. The average Bonchev–Trinajstić information content (AvgIpc) is 2.62. The Bertz CT molecular complexity index is 603. The molecule has 0 saturated heterocycles. The van der Waals surface area contributed by atoms with Crippen LogP contribution in [0.15, 0.2) is 12.1 Å². The lowest BCUT2D eigenvalue weighted by Crippen LogP contribution is -1.98. The molecule has 0 radical (unpaired) electrons. The SMILES string of the molecule is CCCCCCn1c(=S)[nH]c2cc(Cl)c(F)cc21. The van der Waals surface area contributed by atoms with Gasteiger partial charge in [-0.1, -0.05) is 37.8 Å². The van der Waals surface area contributed by atoms with Crippen molar-refractivity contribution in [2.75, 3.05) is 0 Å². The first-order valence-electron chi connectivity index (χ1n) is 6.21. The minimum absolute atomic E-state index is 0.122. The maximum absolute atomic E-state index is 13.5. The molecule has 1 N–H and O–H groups in total. The third-order valence-corrected chi connectivity index (χ3v) is 3.66. The fourth-order valence-corrected chi connectivity index (χ4v) is 2.53. The van der Waals surface area contributed by atoms with Crippen LogP contribution in [0, 0.1) is 10.6 Å². The Morgan fingerprint density at radius 2 is 2.11 bits per heavy atom. The van der Waals surface area contributed by atoms with E-state index in [4.69, 9.17) is 23.8 Å². The molecule has 0 fully saturated rings. The third-order valence-electron chi connectivity index (χ3n) is 3.05. The molecule has 0 atom stereocenters. The monoisotopic (exact) mass is 286 g/mol. The van der Waals surface area contributed by atoms with Crippen LogP contribution in [0.1, 0.15) is 32.6 Å². The van der Waals surface area contributed by atoms with Gasteiger partial charge in [0.1, 0.15) is 5.82 Å². The highest BCUT2D eigenvalue weighted by Gasteiger charge is 2.08. The van der Waals surface area contributed by atoms with E-state index in [0.29, 0.717) is 4.77 Å². The minimum atomic E-state index is -0.402. The molecule has 1 aromatic heterocycles. The van der Waals surface area contributed by atoms with Gasteiger partial charge in [0.05, 0.1) is 16.1 Å². The molecule has 98 valence electrons. The molecule has 18 heavy (non-hydrogen) atoms. The molecule has 0 aliphatic rings. The zero-order valence-corrected chi connectivity index (χ0v) is 11.9. The number of nitrogens with zero attached hydrogens (tertiary/aromatic N) is 1. The van der Waals surface area contributed by atoms with Gasteiger partial charge in [-0.15, -0.1) is 0 Å². The van der Waals surface area contributed by atoms with Crippen molar-refractivity contribution in [1.82, 2.24) is 9.55 Å². The van der Waals surface area contributed by atoms with Gasteiger partial charge >= 0.3 is 0 Å². The van der Waals surface area contributed by atoms with E-state index >= 15 is 0 Å². The molecule has 0 spiro atoms. The van der Waals surface area contributed by atoms with E-state index in [2.05, 4.69) is 11.9 Å². The number of benzene rings is 1. The number of hydrogen-bond donors (Lipinski definition) is 1. The van der Waals surface area contributed by atoms with Gasteiger partial charge in [0, 0.05) is 12.6 Å². The quantitative estimate of drug-likeness (QED) is 0.601. The predicted molar refractivity (Wildman–Crippen MR) is 76.2 cm³/mol. The van der Waals surface area contributed by atoms with Crippen molar-refractivity contribution in [3.63, 3.8) is 0 Å². The molecule has 2 aromatic rings. The van der Waals surface area contributed by atoms with E-state index in [9.17, 15) is 4.39 Å². The van der Waals surface area contributed by atoms with Crippen LogP contribution in [0.2, 0.25) is 5.02 Å². The number of aromatic amines is 1. The maximum Gasteiger partial charge on any atom is 0.178 e. The summed E-state index contributed by atoms with van der Waals surface area (Å²) in [6, 6.07) is 3.04. The number of H-pyrrole nitrogens is 1. The van der Waals surface area contributed by atoms with Crippen molar-refractivity contribution in [2.24, 2.45) is 0 Å². The molecule has 0 saturated carbocycles. The fourth-order valence-electron chi connectivity index (χ4n) is 2.07. The van der Waals surface area contributed by atoms with Crippen molar-refractivity contribution in [3.8, 4) is 0 Å². The van der Waals surface area contributed by atoms with Gasteiger partial charge in [-0.05, 0) is 24.7 Å². The highest BCUT2D eigenvalue weighted by Crippen LogP contribution is 2.23. The normalized spacial score (nSPS) is 11.3. The number of halogens is 2. The first-order chi connectivity index (χ1) is 8.63. The molecular weight excluding hydrogens is 271 g/mol. The zero-order valence-electron chi connectivity index (χ0n) is 10.3. The first-order valence-corrected chi connectivity index (χ1v) is 6.99. The van der Waals surface area contributed by atoms with Gasteiger partial charge in [0.2, 0.25) is 0 Å². The molecule has 0 bridgehead atoms. The summed E-state index contributed by atoms with van der Waals surface area (Å²) in [4.78, 5) is 3.06. The van der Waals surface area contributed by atoms with Gasteiger partial charge < -0.3 is 9.55 Å². The standard InChI is InChI=1S/C13H16ClFN2S/c1-2-3-4-5-6-17-12-8-10(15)9(14)7-11(12)16-13(17)18/h7-8H,2-6H2,1H3,(H,16,18). The highest BCUT2D eigenvalue weighted by atomic mass is 35.5. The van der Waals surface area contributed by atoms with E-state index < -0.39 is 5.82 Å². The van der Waals surface area contributed by atoms with E-state index in [1.165, 1.54) is 25.3 Å². The first kappa shape index (κ1) is 13.6. The van der Waals surface area contributed by atoms with Crippen molar-refractivity contribution in [3.05, 3.63) is 27.7 Å². The summed E-state index contributed by atoms with van der Waals surface area (Å²) in [5.41, 5.74) is 1.58. The molecule has 0 amide bonds. The third kappa shape index (κ3) is 2.75. The number of nitrogens with one attached hydrogen (secondary N) is 1. The Labute approximate surface area is 116 Å². The van der Waals surface area contributed by atoms with Crippen LogP contribution in [-0.4, -0.2) is 9.55 Å². The van der Waals surface area contributed by atoms with Gasteiger partial charge in [-0.25, -0.2) is 4.39 Å². The average molecular weight is 287 g/mol. The van der Waals surface area contributed by atoms with E-state index in [1.807, 2.05) is 4.57 Å². The van der Waals surface area contributed by atoms with Crippen LogP contribution < -0.4 is 0 Å². The van der Waals surface area contributed by atoms with E-state index in [0.717, 1.165) is 24.0 Å². The summed E-state index contributed by atoms with van der Waals surface area (Å²) in [5, 5.41) is 0.122. The number of rotatable bonds is 5. The van der Waals surface area contributed by atoms with Crippen LogP contribution in [-0.2, 0) is 6.54 Å². The number of aryl methyl sites for hydroxylation is 1. The lowest BCUT2D eigenvalue weighted by atomic mass is 10.2. The van der Waals surface area contributed by atoms with Crippen LogP contribution in [0.3, 0.4) is 0 Å². The molecule has 5 heteroatoms. The smallest absolute Gasteiger partial charge is 0.178 e. The summed E-state index contributed by atoms with van der Waals surface area (Å²) < 4.78 is 16.1. The highest BCUT2D eigenvalue weighted by molar-refractivity contribution is 7.71. The topological polar surface area (TPSA) is 20.7 Å². The molecule has 2 rings (SSSR count). The van der Waals surface area contributed by atoms with Gasteiger partial charge in [-0.3, -0.25) is 0 Å². The second kappa shape index (κ2) is 5.85. The molecule has 0 unspecified atom stereocenters. The second-order valence-corrected chi connectivity index (χ2v) is 5.22. The number of hydrogen-bond acceptors (Lipinski definition) is 1. The van der Waals surface area contributed by atoms with Crippen LogP contribution in [0.5, 0.6) is 0 Å². The van der Waals surface area contributed by atoms with Crippen LogP contribution >= 0.6 is 23.8 Å². The summed E-state index contributed by atoms with van der Waals surface area (Å²) in [6.07, 6.45) is 4.64. The van der Waals surface area contributed by atoms with Crippen LogP contribution in [0.4, 0.5) is 4.39 Å². The summed E-state index contributed by atoms with van der Waals surface area (Å²) >= 11 is 11.0. The molecule has 1 heterocycles. The van der Waals surface area contributed by atoms with Gasteiger partial charge in [-0.2, -0.15) is 0 Å². The second-order valence-electron chi connectivity index (χ2n) is 4.43. The molecular formula is C13H16ClFN2S. The molecule has 2 nitrogen and oxygen atoms in total. The Balaban J connectivity index is 2.29. The number of unbranched alkanes of at least 4 members (excludes halogenated alkanes) is 3. The maximum atomic E-state index is 13.5. The fraction of sp³-hybridized carbons (Fsp3) is 0.462. The number of aromatic nitrogens is 2. The minimum Gasteiger partial charge on any atom is -0.331 e. The summed E-state index contributed by atoms with van der Waals surface area (Å²) in [6.45, 7) is 2.99. The van der Waals surface area contributed by atoms with Gasteiger partial charge in [0.25, 0.3) is 0 Å². The Hall–Kier alpha value is -0.870. The van der Waals surface area contributed by atoms with Crippen molar-refractivity contribution in [2.45, 2.75) is 39.2 Å². The van der Waals surface area contributed by atoms with Crippen LogP contribution in [0.25, 0.3) is 11.0 Å². The zero-order chi connectivity index (χ0) is 13.1. The number of fused-ring (bicyclic) bond motifs is 1. The van der Waals surface area contributed by atoms with E-state index in [1.54, 1.807) is 6.07 Å². The molecule has 0 aliphatic carbocycles. The summed E-state index contributed by atoms with van der Waals surface area (Å²) in [7, 11) is 0. The van der Waals surface area contributed by atoms with Crippen molar-refractivity contribution >= 4 is 34.9 Å².